The number of anilines is 1. The molecule has 0 spiro atoms. The van der Waals surface area contributed by atoms with Crippen LogP contribution in [-0.2, 0) is 4.74 Å². The van der Waals surface area contributed by atoms with Gasteiger partial charge in [-0.3, -0.25) is 9.69 Å². The highest BCUT2D eigenvalue weighted by atomic mass is 16.5. The fraction of sp³-hybridized carbons (Fsp3) is 0.571. The fourth-order valence-corrected chi connectivity index (χ4v) is 3.97. The van der Waals surface area contributed by atoms with E-state index in [4.69, 9.17) is 4.74 Å². The summed E-state index contributed by atoms with van der Waals surface area (Å²) in [7, 11) is 0. The van der Waals surface area contributed by atoms with E-state index in [0.717, 1.165) is 69.1 Å². The molecule has 7 nitrogen and oxygen atoms in total. The topological polar surface area (TPSA) is 70.6 Å². The molecule has 2 aromatic rings. The summed E-state index contributed by atoms with van der Waals surface area (Å²) >= 11 is 0. The van der Waals surface area contributed by atoms with Crippen molar-refractivity contribution in [1.29, 1.82) is 0 Å². The summed E-state index contributed by atoms with van der Waals surface area (Å²) in [4.78, 5) is 26.2. The van der Waals surface area contributed by atoms with Gasteiger partial charge in [-0.1, -0.05) is 0 Å². The second kappa shape index (κ2) is 9.30. The van der Waals surface area contributed by atoms with Crippen LogP contribution in [0.15, 0.2) is 24.5 Å². The maximum absolute atomic E-state index is 12.6. The highest BCUT2D eigenvalue weighted by Crippen LogP contribution is 2.26. The summed E-state index contributed by atoms with van der Waals surface area (Å²) in [6.07, 6.45) is 6.22. The molecule has 1 N–H and O–H groups in total. The Labute approximate surface area is 166 Å². The van der Waals surface area contributed by atoms with E-state index in [0.29, 0.717) is 12.1 Å². The Balaban J connectivity index is 1.39. The molecule has 7 heteroatoms. The third kappa shape index (κ3) is 4.59. The molecule has 150 valence electrons. The van der Waals surface area contributed by atoms with E-state index in [2.05, 4.69) is 25.1 Å². The maximum Gasteiger partial charge on any atom is 0.251 e. The van der Waals surface area contributed by atoms with Gasteiger partial charge in [0, 0.05) is 43.7 Å². The molecule has 0 saturated carbocycles. The van der Waals surface area contributed by atoms with Crippen LogP contribution in [0.2, 0.25) is 0 Å². The van der Waals surface area contributed by atoms with Crippen molar-refractivity contribution >= 4 is 22.6 Å². The van der Waals surface area contributed by atoms with Gasteiger partial charge in [-0.05, 0) is 50.4 Å². The molecule has 0 radical (unpaired) electrons. The summed E-state index contributed by atoms with van der Waals surface area (Å²) < 4.78 is 5.37. The number of nitrogens with one attached hydrogen (secondary N) is 1. The number of amides is 1. The lowest BCUT2D eigenvalue weighted by atomic mass is 10.1. The molecular formula is C21H29N5O2. The van der Waals surface area contributed by atoms with Crippen molar-refractivity contribution in [3.05, 3.63) is 30.1 Å². The van der Waals surface area contributed by atoms with E-state index in [9.17, 15) is 4.79 Å². The van der Waals surface area contributed by atoms with E-state index in [-0.39, 0.29) is 5.91 Å². The van der Waals surface area contributed by atoms with Gasteiger partial charge in [-0.25, -0.2) is 9.97 Å². The van der Waals surface area contributed by atoms with E-state index in [1.54, 1.807) is 6.33 Å². The van der Waals surface area contributed by atoms with Gasteiger partial charge in [0.1, 0.15) is 12.1 Å². The maximum atomic E-state index is 12.6. The Morgan fingerprint density at radius 2 is 1.89 bits per heavy atom. The molecule has 3 heterocycles. The Morgan fingerprint density at radius 3 is 2.71 bits per heavy atom. The van der Waals surface area contributed by atoms with Crippen LogP contribution >= 0.6 is 0 Å². The lowest BCUT2D eigenvalue weighted by Gasteiger charge is -2.28. The van der Waals surface area contributed by atoms with E-state index < -0.39 is 0 Å². The number of carbonyl (C=O) groups is 1. The minimum Gasteiger partial charge on any atom is -0.379 e. The monoisotopic (exact) mass is 383 g/mol. The number of rotatable bonds is 6. The number of piperidine rings is 1. The molecule has 0 aliphatic carbocycles. The first-order valence-electron chi connectivity index (χ1n) is 10.4. The summed E-state index contributed by atoms with van der Waals surface area (Å²) in [5.74, 6) is 0.920. The van der Waals surface area contributed by atoms with Crippen LogP contribution in [-0.4, -0.2) is 73.3 Å². The number of benzene rings is 1. The molecule has 0 bridgehead atoms. The molecule has 2 saturated heterocycles. The number of fused-ring (bicyclic) bond motifs is 1. The van der Waals surface area contributed by atoms with Gasteiger partial charge >= 0.3 is 0 Å². The molecule has 2 aliphatic heterocycles. The minimum atomic E-state index is -0.0303. The average molecular weight is 383 g/mol. The van der Waals surface area contributed by atoms with Crippen molar-refractivity contribution in [2.24, 2.45) is 0 Å². The zero-order valence-electron chi connectivity index (χ0n) is 16.4. The molecule has 2 fully saturated rings. The van der Waals surface area contributed by atoms with E-state index >= 15 is 0 Å². The minimum absolute atomic E-state index is 0.0303. The first-order valence-corrected chi connectivity index (χ1v) is 10.4. The average Bonchev–Trinajstić information content (AvgIpc) is 2.77. The standard InChI is InChI=1S/C21H29N5O2/c27-21(22-7-4-8-25-11-13-28-14-12-25)17-5-6-19-18(15-17)20(24-16-23-19)26-9-2-1-3-10-26/h5-6,15-16H,1-4,7-14H2,(H,22,27). The highest BCUT2D eigenvalue weighted by molar-refractivity contribution is 6.00. The number of ether oxygens (including phenoxy) is 1. The molecular weight excluding hydrogens is 354 g/mol. The summed E-state index contributed by atoms with van der Waals surface area (Å²) in [5, 5.41) is 4.01. The summed E-state index contributed by atoms with van der Waals surface area (Å²) in [5.41, 5.74) is 1.56. The smallest absolute Gasteiger partial charge is 0.251 e. The van der Waals surface area contributed by atoms with Gasteiger partial charge in [0.15, 0.2) is 0 Å². The van der Waals surface area contributed by atoms with E-state index in [1.807, 2.05) is 18.2 Å². The predicted molar refractivity (Wildman–Crippen MR) is 110 cm³/mol. The Hall–Kier alpha value is -2.25. The predicted octanol–water partition coefficient (Wildman–Crippen LogP) is 2.07. The molecule has 1 amide bonds. The van der Waals surface area contributed by atoms with Crippen LogP contribution in [0, 0.1) is 0 Å². The van der Waals surface area contributed by atoms with Gasteiger partial charge in [0.25, 0.3) is 5.91 Å². The Bertz CT molecular complexity index is 800. The Kier molecular flexibility index (Phi) is 6.34. The van der Waals surface area contributed by atoms with Crippen molar-refractivity contribution < 1.29 is 9.53 Å². The molecule has 4 rings (SSSR count). The first kappa shape index (κ1) is 19.1. The van der Waals surface area contributed by atoms with Crippen LogP contribution in [0.3, 0.4) is 0 Å². The number of nitrogens with zero attached hydrogens (tertiary/aromatic N) is 4. The van der Waals surface area contributed by atoms with Crippen molar-refractivity contribution in [2.45, 2.75) is 25.7 Å². The van der Waals surface area contributed by atoms with Crippen LogP contribution in [0.5, 0.6) is 0 Å². The quantitative estimate of drug-likeness (QED) is 0.770. The zero-order valence-corrected chi connectivity index (χ0v) is 16.4. The largest absolute Gasteiger partial charge is 0.379 e. The van der Waals surface area contributed by atoms with Crippen LogP contribution in [0.1, 0.15) is 36.0 Å². The van der Waals surface area contributed by atoms with E-state index in [1.165, 1.54) is 19.3 Å². The first-order chi connectivity index (χ1) is 13.8. The molecule has 1 aromatic carbocycles. The third-order valence-electron chi connectivity index (χ3n) is 5.57. The van der Waals surface area contributed by atoms with Crippen LogP contribution < -0.4 is 10.2 Å². The number of hydrogen-bond donors (Lipinski definition) is 1. The van der Waals surface area contributed by atoms with Crippen LogP contribution in [0.25, 0.3) is 10.9 Å². The molecule has 0 unspecified atom stereocenters. The zero-order chi connectivity index (χ0) is 19.2. The second-order valence-corrected chi connectivity index (χ2v) is 7.54. The van der Waals surface area contributed by atoms with Gasteiger partial charge in [-0.2, -0.15) is 0 Å². The number of hydrogen-bond acceptors (Lipinski definition) is 6. The van der Waals surface area contributed by atoms with Crippen molar-refractivity contribution in [3.63, 3.8) is 0 Å². The van der Waals surface area contributed by atoms with Crippen molar-refractivity contribution in [3.8, 4) is 0 Å². The van der Waals surface area contributed by atoms with Gasteiger partial charge in [0.05, 0.1) is 18.7 Å². The molecule has 28 heavy (non-hydrogen) atoms. The summed E-state index contributed by atoms with van der Waals surface area (Å²) in [6, 6.07) is 5.72. The van der Waals surface area contributed by atoms with Gasteiger partial charge in [0.2, 0.25) is 0 Å². The fourth-order valence-electron chi connectivity index (χ4n) is 3.97. The molecule has 2 aliphatic rings. The number of aromatic nitrogens is 2. The van der Waals surface area contributed by atoms with Crippen molar-refractivity contribution in [1.82, 2.24) is 20.2 Å². The van der Waals surface area contributed by atoms with Gasteiger partial charge in [-0.15, -0.1) is 0 Å². The normalized spacial score (nSPS) is 18.4. The highest BCUT2D eigenvalue weighted by Gasteiger charge is 2.17. The van der Waals surface area contributed by atoms with Gasteiger partial charge < -0.3 is 15.0 Å². The lowest BCUT2D eigenvalue weighted by Crippen LogP contribution is -2.38. The Morgan fingerprint density at radius 1 is 1.07 bits per heavy atom. The SMILES string of the molecule is O=C(NCCCN1CCOCC1)c1ccc2ncnc(N3CCCCC3)c2c1. The second-order valence-electron chi connectivity index (χ2n) is 7.54. The third-order valence-corrected chi connectivity index (χ3v) is 5.57. The number of morpholine rings is 1. The molecule has 0 atom stereocenters. The molecule has 1 aromatic heterocycles. The van der Waals surface area contributed by atoms with Crippen molar-refractivity contribution in [2.75, 3.05) is 57.4 Å². The summed E-state index contributed by atoms with van der Waals surface area (Å²) in [6.45, 7) is 7.30. The van der Waals surface area contributed by atoms with Crippen LogP contribution in [0.4, 0.5) is 5.82 Å². The lowest BCUT2D eigenvalue weighted by molar-refractivity contribution is 0.0374. The number of carbonyl (C=O) groups excluding carboxylic acids is 1.